The van der Waals surface area contributed by atoms with Crippen LogP contribution in [-0.2, 0) is 9.53 Å². The summed E-state index contributed by atoms with van der Waals surface area (Å²) in [5.41, 5.74) is 5.36. The summed E-state index contributed by atoms with van der Waals surface area (Å²) < 4.78 is 4.45. The second-order valence-corrected chi connectivity index (χ2v) is 3.83. The maximum atomic E-state index is 11.1. The second-order valence-electron chi connectivity index (χ2n) is 1.95. The average Bonchev–Trinajstić information content (AvgIpc) is 2.49. The number of carbonyl (C=O) groups excluding carboxylic acids is 1. The van der Waals surface area contributed by atoms with Crippen molar-refractivity contribution < 1.29 is 9.53 Å². The van der Waals surface area contributed by atoms with E-state index >= 15 is 0 Å². The van der Waals surface area contributed by atoms with Crippen molar-refractivity contribution in [1.82, 2.24) is 4.98 Å². The predicted molar refractivity (Wildman–Crippen MR) is 52.1 cm³/mol. The van der Waals surface area contributed by atoms with Crippen molar-refractivity contribution >= 4 is 39.2 Å². The number of methoxy groups -OCH3 is 1. The normalized spacial score (nSPS) is 9.62. The fourth-order valence-electron chi connectivity index (χ4n) is 0.544. The van der Waals surface area contributed by atoms with Crippen molar-refractivity contribution in [2.75, 3.05) is 12.8 Å². The summed E-state index contributed by atoms with van der Waals surface area (Å²) in [4.78, 5) is 14.9. The minimum absolute atomic E-state index is 0.392. The summed E-state index contributed by atoms with van der Waals surface area (Å²) in [5.74, 6) is -0.392. The van der Waals surface area contributed by atoms with Gasteiger partial charge in [0.15, 0.2) is 5.13 Å². The van der Waals surface area contributed by atoms with Crippen molar-refractivity contribution in [2.24, 2.45) is 0 Å². The van der Waals surface area contributed by atoms with Gasteiger partial charge in [0, 0.05) is 5.38 Å². The third kappa shape index (κ3) is 2.71. The lowest BCUT2D eigenvalue weighted by atomic mass is 10.7. The van der Waals surface area contributed by atoms with E-state index in [0.29, 0.717) is 10.2 Å². The highest BCUT2D eigenvalue weighted by Gasteiger charge is 2.13. The highest BCUT2D eigenvalue weighted by Crippen LogP contribution is 2.22. The zero-order valence-electron chi connectivity index (χ0n) is 6.73. The zero-order valence-corrected chi connectivity index (χ0v) is 8.37. The number of rotatable bonds is 1. The molecule has 0 aliphatic carbocycles. The molecule has 0 aromatic carbocycles. The standard InChI is InChI=1S/C6H7N3O2S2/c1-11-4(7)5(10)13-3-2-12-6(8)9-3/h2,7H,1H3,(H2,8,9). The van der Waals surface area contributed by atoms with E-state index in [1.165, 1.54) is 18.4 Å². The number of anilines is 1. The van der Waals surface area contributed by atoms with Gasteiger partial charge >= 0.3 is 0 Å². The molecule has 1 aromatic rings. The smallest absolute Gasteiger partial charge is 0.279 e. The summed E-state index contributed by atoms with van der Waals surface area (Å²) in [6.07, 6.45) is 0. The molecule has 13 heavy (non-hydrogen) atoms. The van der Waals surface area contributed by atoms with Crippen LogP contribution in [-0.4, -0.2) is 23.1 Å². The lowest BCUT2D eigenvalue weighted by Gasteiger charge is -1.97. The number of hydrogen-bond donors (Lipinski definition) is 2. The minimum Gasteiger partial charge on any atom is -0.478 e. The monoisotopic (exact) mass is 217 g/mol. The van der Waals surface area contributed by atoms with Crippen LogP contribution < -0.4 is 5.73 Å². The number of hydrogen-bond acceptors (Lipinski definition) is 7. The van der Waals surface area contributed by atoms with Gasteiger partial charge in [0.05, 0.1) is 7.11 Å². The quantitative estimate of drug-likeness (QED) is 0.415. The Morgan fingerprint density at radius 2 is 2.54 bits per heavy atom. The molecule has 0 spiro atoms. The van der Waals surface area contributed by atoms with Crippen LogP contribution in [0.1, 0.15) is 0 Å². The van der Waals surface area contributed by atoms with Crippen molar-refractivity contribution in [3.05, 3.63) is 5.38 Å². The molecule has 0 aliphatic rings. The number of thiazole rings is 1. The largest absolute Gasteiger partial charge is 0.478 e. The molecular weight excluding hydrogens is 210 g/mol. The summed E-state index contributed by atoms with van der Waals surface area (Å²) in [6.45, 7) is 0. The van der Waals surface area contributed by atoms with E-state index in [-0.39, 0.29) is 0 Å². The molecule has 1 heterocycles. The zero-order chi connectivity index (χ0) is 9.84. The third-order valence-corrected chi connectivity index (χ3v) is 2.70. The highest BCUT2D eigenvalue weighted by atomic mass is 32.2. The molecular formula is C6H7N3O2S2. The Balaban J connectivity index is 2.60. The van der Waals surface area contributed by atoms with Gasteiger partial charge in [-0.15, -0.1) is 11.3 Å². The summed E-state index contributed by atoms with van der Waals surface area (Å²) >= 11 is 2.08. The van der Waals surface area contributed by atoms with E-state index in [4.69, 9.17) is 11.1 Å². The van der Waals surface area contributed by atoms with Crippen LogP contribution in [0.4, 0.5) is 5.13 Å². The molecule has 3 N–H and O–H groups in total. The topological polar surface area (TPSA) is 89.1 Å². The lowest BCUT2D eigenvalue weighted by Crippen LogP contribution is -2.10. The molecule has 0 amide bonds. The van der Waals surface area contributed by atoms with E-state index in [2.05, 4.69) is 9.72 Å². The molecule has 0 unspecified atom stereocenters. The Hall–Kier alpha value is -1.08. The first-order chi connectivity index (χ1) is 6.13. The first-order valence-corrected chi connectivity index (χ1v) is 4.89. The molecule has 5 nitrogen and oxygen atoms in total. The van der Waals surface area contributed by atoms with Gasteiger partial charge in [0.2, 0.25) is 0 Å². The number of nitrogens with two attached hydrogens (primary N) is 1. The van der Waals surface area contributed by atoms with Crippen LogP contribution in [0.5, 0.6) is 0 Å². The van der Waals surface area contributed by atoms with E-state index in [0.717, 1.165) is 11.8 Å². The van der Waals surface area contributed by atoms with E-state index in [1.807, 2.05) is 0 Å². The van der Waals surface area contributed by atoms with Gasteiger partial charge in [-0.2, -0.15) is 0 Å². The Morgan fingerprint density at radius 3 is 3.00 bits per heavy atom. The summed E-state index contributed by atoms with van der Waals surface area (Å²) in [6, 6.07) is 0. The number of nitrogens with one attached hydrogen (secondary N) is 1. The number of ether oxygens (including phenoxy) is 1. The number of thioether (sulfide) groups is 1. The first-order valence-electron chi connectivity index (χ1n) is 3.19. The molecule has 70 valence electrons. The highest BCUT2D eigenvalue weighted by molar-refractivity contribution is 8.15. The lowest BCUT2D eigenvalue weighted by molar-refractivity contribution is -0.106. The molecule has 0 saturated heterocycles. The fourth-order valence-corrected chi connectivity index (χ4v) is 1.87. The van der Waals surface area contributed by atoms with Crippen molar-refractivity contribution in [2.45, 2.75) is 5.03 Å². The Labute approximate surface area is 82.8 Å². The van der Waals surface area contributed by atoms with Gasteiger partial charge in [-0.05, 0) is 11.8 Å². The third-order valence-electron chi connectivity index (χ3n) is 1.09. The van der Waals surface area contributed by atoms with Gasteiger partial charge in [0.25, 0.3) is 11.0 Å². The second kappa shape index (κ2) is 4.24. The van der Waals surface area contributed by atoms with E-state index in [9.17, 15) is 4.79 Å². The van der Waals surface area contributed by atoms with E-state index < -0.39 is 11.0 Å². The summed E-state index contributed by atoms with van der Waals surface area (Å²) in [7, 11) is 1.27. The van der Waals surface area contributed by atoms with Crippen LogP contribution in [0.15, 0.2) is 10.4 Å². The van der Waals surface area contributed by atoms with Gasteiger partial charge in [-0.25, -0.2) is 4.98 Å². The van der Waals surface area contributed by atoms with Crippen LogP contribution in [0.2, 0.25) is 0 Å². The van der Waals surface area contributed by atoms with Gasteiger partial charge in [-0.1, -0.05) is 0 Å². The molecule has 0 aliphatic heterocycles. The molecule has 0 saturated carbocycles. The molecule has 7 heteroatoms. The minimum atomic E-state index is -0.479. The van der Waals surface area contributed by atoms with Crippen molar-refractivity contribution in [1.29, 1.82) is 5.41 Å². The van der Waals surface area contributed by atoms with Gasteiger partial charge in [-0.3, -0.25) is 10.2 Å². The number of nitrogen functional groups attached to an aromatic ring is 1. The Morgan fingerprint density at radius 1 is 1.85 bits per heavy atom. The molecule has 1 rings (SSSR count). The maximum absolute atomic E-state index is 11.1. The molecule has 0 radical (unpaired) electrons. The number of aromatic nitrogens is 1. The van der Waals surface area contributed by atoms with E-state index in [1.54, 1.807) is 5.38 Å². The van der Waals surface area contributed by atoms with Gasteiger partial charge < -0.3 is 10.5 Å². The Bertz CT molecular complexity index is 336. The van der Waals surface area contributed by atoms with Crippen LogP contribution in [0, 0.1) is 5.41 Å². The van der Waals surface area contributed by atoms with Crippen LogP contribution in [0.25, 0.3) is 0 Å². The molecule has 1 aromatic heterocycles. The Kier molecular flexibility index (Phi) is 3.26. The number of carbonyl (C=O) groups is 1. The molecule has 0 bridgehead atoms. The first kappa shape index (κ1) is 10.0. The fraction of sp³-hybridized carbons (Fsp3) is 0.167. The van der Waals surface area contributed by atoms with Crippen LogP contribution in [0.3, 0.4) is 0 Å². The van der Waals surface area contributed by atoms with Crippen molar-refractivity contribution in [3.8, 4) is 0 Å². The molecule has 0 atom stereocenters. The maximum Gasteiger partial charge on any atom is 0.279 e. The molecule has 0 fully saturated rings. The SMILES string of the molecule is COC(=N)C(=O)Sc1csc(N)n1. The van der Waals surface area contributed by atoms with Gasteiger partial charge in [0.1, 0.15) is 5.03 Å². The van der Waals surface area contributed by atoms with Crippen molar-refractivity contribution in [3.63, 3.8) is 0 Å². The van der Waals surface area contributed by atoms with Crippen LogP contribution >= 0.6 is 23.1 Å². The summed E-state index contributed by atoms with van der Waals surface area (Å²) in [5, 5.41) is 9.12. The average molecular weight is 217 g/mol. The number of nitrogens with zero attached hydrogens (tertiary/aromatic N) is 1. The predicted octanol–water partition coefficient (Wildman–Crippen LogP) is 0.968.